The SMILES string of the molecule is Cc1cn([C@H]2C[C@H](n3nncc3C)[C@@H](COP(=O)(O)OP(=O)(O)OP(=O)(O)O)O2)c(=O)[nH]c1=O. The van der Waals surface area contributed by atoms with Crippen LogP contribution in [0.2, 0.25) is 0 Å². The first-order valence-electron chi connectivity index (χ1n) is 9.19. The summed E-state index contributed by atoms with van der Waals surface area (Å²) < 4.78 is 54.6. The normalized spacial score (nSPS) is 24.6. The fourth-order valence-electron chi connectivity index (χ4n) is 3.19. The van der Waals surface area contributed by atoms with Crippen molar-refractivity contribution in [1.29, 1.82) is 0 Å². The van der Waals surface area contributed by atoms with Gasteiger partial charge in [0.05, 0.1) is 24.5 Å². The molecule has 0 radical (unpaired) electrons. The van der Waals surface area contributed by atoms with E-state index >= 15 is 0 Å². The summed E-state index contributed by atoms with van der Waals surface area (Å²) in [5.41, 5.74) is -0.591. The number of aryl methyl sites for hydroxylation is 2. The molecule has 18 nitrogen and oxygen atoms in total. The Labute approximate surface area is 189 Å². The first-order chi connectivity index (χ1) is 15.6. The van der Waals surface area contributed by atoms with Crippen molar-refractivity contribution < 1.29 is 51.2 Å². The monoisotopic (exact) mass is 547 g/mol. The highest BCUT2D eigenvalue weighted by Crippen LogP contribution is 2.66. The van der Waals surface area contributed by atoms with E-state index in [1.165, 1.54) is 24.0 Å². The molecule has 0 aliphatic carbocycles. The van der Waals surface area contributed by atoms with Gasteiger partial charge in [-0.05, 0) is 13.8 Å². The summed E-state index contributed by atoms with van der Waals surface area (Å²) in [5.74, 6) is 0. The van der Waals surface area contributed by atoms with Crippen molar-refractivity contribution in [2.24, 2.45) is 0 Å². The molecule has 1 aliphatic rings. The van der Waals surface area contributed by atoms with Crippen LogP contribution >= 0.6 is 23.5 Å². The zero-order valence-corrected chi connectivity index (χ0v) is 20.1. The number of nitrogens with zero attached hydrogens (tertiary/aromatic N) is 4. The second-order valence-corrected chi connectivity index (χ2v) is 11.5. The molecule has 2 unspecified atom stereocenters. The van der Waals surface area contributed by atoms with Crippen molar-refractivity contribution in [3.8, 4) is 0 Å². The molecule has 3 rings (SSSR count). The lowest BCUT2D eigenvalue weighted by Crippen LogP contribution is -2.33. The molecule has 5 N–H and O–H groups in total. The zero-order chi connectivity index (χ0) is 25.5. The van der Waals surface area contributed by atoms with Crippen molar-refractivity contribution in [3.05, 3.63) is 44.5 Å². The van der Waals surface area contributed by atoms with Crippen LogP contribution in [0.25, 0.3) is 0 Å². The Morgan fingerprint density at radius 3 is 2.41 bits per heavy atom. The van der Waals surface area contributed by atoms with Crippen LogP contribution in [0.3, 0.4) is 0 Å². The number of phosphoric ester groups is 1. The highest BCUT2D eigenvalue weighted by molar-refractivity contribution is 7.66. The van der Waals surface area contributed by atoms with E-state index in [4.69, 9.17) is 14.5 Å². The van der Waals surface area contributed by atoms with E-state index in [1.807, 2.05) is 0 Å². The maximum Gasteiger partial charge on any atom is 0.490 e. The molecule has 1 saturated heterocycles. The molecule has 190 valence electrons. The van der Waals surface area contributed by atoms with E-state index in [1.54, 1.807) is 6.92 Å². The van der Waals surface area contributed by atoms with Crippen LogP contribution in [0.1, 0.15) is 29.9 Å². The van der Waals surface area contributed by atoms with Crippen LogP contribution < -0.4 is 11.2 Å². The second-order valence-electron chi connectivity index (χ2n) is 7.12. The number of ether oxygens (including phenoxy) is 1. The molecule has 21 heteroatoms. The van der Waals surface area contributed by atoms with Crippen molar-refractivity contribution in [3.63, 3.8) is 0 Å². The fraction of sp³-hybridized carbons (Fsp3) is 0.538. The van der Waals surface area contributed by atoms with Gasteiger partial charge in [-0.25, -0.2) is 23.2 Å². The van der Waals surface area contributed by atoms with Crippen molar-refractivity contribution >= 4 is 23.5 Å². The van der Waals surface area contributed by atoms with Gasteiger partial charge in [-0.15, -0.1) is 5.10 Å². The highest BCUT2D eigenvalue weighted by Gasteiger charge is 2.44. The molecule has 0 saturated carbocycles. The van der Waals surface area contributed by atoms with E-state index in [0.717, 1.165) is 4.57 Å². The number of hydrogen-bond donors (Lipinski definition) is 5. The third kappa shape index (κ3) is 6.65. The van der Waals surface area contributed by atoms with Crippen LogP contribution in [0.15, 0.2) is 22.0 Å². The van der Waals surface area contributed by atoms with Gasteiger partial charge < -0.3 is 24.3 Å². The Morgan fingerprint density at radius 1 is 1.15 bits per heavy atom. The summed E-state index contributed by atoms with van der Waals surface area (Å²) in [7, 11) is -16.6. The molecule has 0 amide bonds. The fourth-order valence-corrected chi connectivity index (χ4v) is 6.22. The number of aromatic amines is 1. The largest absolute Gasteiger partial charge is 0.490 e. The molecule has 1 fully saturated rings. The number of rotatable bonds is 9. The Hall–Kier alpha value is -1.81. The van der Waals surface area contributed by atoms with E-state index in [0.29, 0.717) is 5.69 Å². The average molecular weight is 547 g/mol. The molecule has 34 heavy (non-hydrogen) atoms. The number of nitrogens with one attached hydrogen (secondary N) is 1. The molecule has 0 bridgehead atoms. The van der Waals surface area contributed by atoms with Gasteiger partial charge in [-0.3, -0.25) is 18.9 Å². The number of H-pyrrole nitrogens is 1. The number of hydrogen-bond acceptors (Lipinski definition) is 11. The third-order valence-electron chi connectivity index (χ3n) is 4.55. The molecule has 2 aromatic rings. The topological polar surface area (TPSA) is 255 Å². The Kier molecular flexibility index (Phi) is 7.63. The van der Waals surface area contributed by atoms with Gasteiger partial charge in [0.2, 0.25) is 0 Å². The number of aromatic nitrogens is 5. The predicted octanol–water partition coefficient (Wildman–Crippen LogP) is -0.383. The van der Waals surface area contributed by atoms with Gasteiger partial charge in [0.15, 0.2) is 0 Å². The minimum absolute atomic E-state index is 0.0695. The second kappa shape index (κ2) is 9.68. The van der Waals surface area contributed by atoms with Crippen molar-refractivity contribution in [1.82, 2.24) is 24.5 Å². The molecule has 1 aliphatic heterocycles. The van der Waals surface area contributed by atoms with Crippen LogP contribution in [-0.2, 0) is 31.6 Å². The Balaban J connectivity index is 1.81. The standard InChI is InChI=1S/C13H20N5O13P3/c1-7-5-17(13(20)15-12(7)19)11-3-9(18-8(2)4-14-16-18)10(29-11)6-28-33(24,25)31-34(26,27)30-32(21,22)23/h4-5,9-11H,3,6H2,1-2H3,(H,24,25)(H,26,27)(H,15,19,20)(H2,21,22,23)/t9-,10+,11+/m0/s1. The molecular formula is C13H20N5O13P3. The van der Waals surface area contributed by atoms with Gasteiger partial charge in [0, 0.05) is 18.2 Å². The molecule has 0 aromatic carbocycles. The Bertz CT molecular complexity index is 1310. The van der Waals surface area contributed by atoms with Gasteiger partial charge in [0.25, 0.3) is 5.56 Å². The maximum atomic E-state index is 12.3. The van der Waals surface area contributed by atoms with Crippen LogP contribution in [0.5, 0.6) is 0 Å². The van der Waals surface area contributed by atoms with Crippen LogP contribution in [0.4, 0.5) is 0 Å². The zero-order valence-electron chi connectivity index (χ0n) is 17.4. The predicted molar refractivity (Wildman–Crippen MR) is 108 cm³/mol. The van der Waals surface area contributed by atoms with Crippen molar-refractivity contribution in [2.45, 2.75) is 38.6 Å². The average Bonchev–Trinajstić information content (AvgIpc) is 3.25. The molecular weight excluding hydrogens is 527 g/mol. The van der Waals surface area contributed by atoms with E-state index < -0.39 is 59.7 Å². The van der Waals surface area contributed by atoms with Gasteiger partial charge in [0.1, 0.15) is 12.3 Å². The first-order valence-corrected chi connectivity index (χ1v) is 13.7. The highest BCUT2D eigenvalue weighted by atomic mass is 31.3. The summed E-state index contributed by atoms with van der Waals surface area (Å²) >= 11 is 0. The summed E-state index contributed by atoms with van der Waals surface area (Å²) in [6.45, 7) is 2.36. The summed E-state index contributed by atoms with van der Waals surface area (Å²) in [5, 5.41) is 7.65. The van der Waals surface area contributed by atoms with Crippen molar-refractivity contribution in [2.75, 3.05) is 6.61 Å². The molecule has 0 spiro atoms. The van der Waals surface area contributed by atoms with Gasteiger partial charge in [-0.1, -0.05) is 5.21 Å². The van der Waals surface area contributed by atoms with Crippen LogP contribution in [0, 0.1) is 13.8 Å². The van der Waals surface area contributed by atoms with E-state index in [-0.39, 0.29) is 12.0 Å². The van der Waals surface area contributed by atoms with E-state index in [9.17, 15) is 33.1 Å². The molecule has 3 heterocycles. The first kappa shape index (κ1) is 26.8. The quantitative estimate of drug-likeness (QED) is 0.251. The Morgan fingerprint density at radius 2 is 1.82 bits per heavy atom. The molecule has 5 atom stereocenters. The van der Waals surface area contributed by atoms with E-state index in [2.05, 4.69) is 28.4 Å². The maximum absolute atomic E-state index is 12.3. The lowest BCUT2D eigenvalue weighted by molar-refractivity contribution is -0.0319. The third-order valence-corrected chi connectivity index (χ3v) is 8.35. The molecule has 2 aromatic heterocycles. The van der Waals surface area contributed by atoms with Gasteiger partial charge in [-0.2, -0.15) is 8.62 Å². The summed E-state index contributed by atoms with van der Waals surface area (Å²) in [6.07, 6.45) is 0.672. The summed E-state index contributed by atoms with van der Waals surface area (Å²) in [4.78, 5) is 62.2. The lowest BCUT2D eigenvalue weighted by Gasteiger charge is -2.21. The lowest BCUT2D eigenvalue weighted by atomic mass is 10.1. The summed E-state index contributed by atoms with van der Waals surface area (Å²) in [6, 6.07) is -0.723. The minimum atomic E-state index is -5.69. The number of phosphoric acid groups is 3. The van der Waals surface area contributed by atoms with Crippen LogP contribution in [-0.4, -0.2) is 56.8 Å². The van der Waals surface area contributed by atoms with Gasteiger partial charge >= 0.3 is 29.2 Å². The minimum Gasteiger partial charge on any atom is -0.350 e. The smallest absolute Gasteiger partial charge is 0.350 e.